The fourth-order valence-electron chi connectivity index (χ4n) is 2.89. The normalized spacial score (nSPS) is 15.8. The summed E-state index contributed by atoms with van der Waals surface area (Å²) in [6.45, 7) is 6.90. The van der Waals surface area contributed by atoms with E-state index in [9.17, 15) is 4.79 Å². The van der Waals surface area contributed by atoms with Gasteiger partial charge in [-0.3, -0.25) is 14.6 Å². The molecule has 0 amide bonds. The summed E-state index contributed by atoms with van der Waals surface area (Å²) in [5.41, 5.74) is 0.876. The molecule has 0 N–H and O–H groups in total. The van der Waals surface area contributed by atoms with Crippen molar-refractivity contribution in [2.45, 2.75) is 26.3 Å². The van der Waals surface area contributed by atoms with Gasteiger partial charge in [0.15, 0.2) is 0 Å². The smallest absolute Gasteiger partial charge is 0.320 e. The van der Waals surface area contributed by atoms with Gasteiger partial charge >= 0.3 is 5.97 Å². The highest BCUT2D eigenvalue weighted by molar-refractivity contribution is 6.30. The predicted octanol–water partition coefficient (Wildman–Crippen LogP) is 2.85. The lowest BCUT2D eigenvalue weighted by atomic mass is 10.2. The highest BCUT2D eigenvalue weighted by Gasteiger charge is 2.21. The molecule has 0 aliphatic carbocycles. The van der Waals surface area contributed by atoms with Crippen molar-refractivity contribution in [2.24, 2.45) is 0 Å². The minimum Gasteiger partial charge on any atom is -0.465 e. The maximum Gasteiger partial charge on any atom is 0.320 e. The van der Waals surface area contributed by atoms with Crippen LogP contribution in [-0.2, 0) is 16.1 Å². The molecule has 7 nitrogen and oxygen atoms in total. The Morgan fingerprint density at radius 3 is 2.59 bits per heavy atom. The number of nitrogens with zero attached hydrogens (tertiary/aromatic N) is 4. The van der Waals surface area contributed by atoms with E-state index in [2.05, 4.69) is 26.9 Å². The van der Waals surface area contributed by atoms with E-state index >= 15 is 0 Å². The van der Waals surface area contributed by atoms with Gasteiger partial charge in [0.25, 0.3) is 0 Å². The predicted molar refractivity (Wildman–Crippen MR) is 102 cm³/mol. The number of hydrogen-bond acceptors (Lipinski definition) is 7. The second-order valence-corrected chi connectivity index (χ2v) is 7.08. The van der Waals surface area contributed by atoms with Gasteiger partial charge in [0.05, 0.1) is 19.7 Å². The van der Waals surface area contributed by atoms with Gasteiger partial charge in [-0.1, -0.05) is 30.1 Å². The maximum atomic E-state index is 11.8. The van der Waals surface area contributed by atoms with E-state index in [-0.39, 0.29) is 5.97 Å². The molecule has 0 unspecified atom stereocenters. The number of ether oxygens (including phenoxy) is 1. The number of benzene rings is 1. The second kappa shape index (κ2) is 9.82. The lowest BCUT2D eigenvalue weighted by Crippen LogP contribution is -2.47. The highest BCUT2D eigenvalue weighted by atomic mass is 35.5. The highest BCUT2D eigenvalue weighted by Crippen LogP contribution is 2.19. The molecule has 146 valence electrons. The fourth-order valence-corrected chi connectivity index (χ4v) is 3.02. The van der Waals surface area contributed by atoms with Gasteiger partial charge < -0.3 is 9.26 Å². The van der Waals surface area contributed by atoms with Crippen molar-refractivity contribution in [3.63, 3.8) is 0 Å². The van der Waals surface area contributed by atoms with E-state index < -0.39 is 0 Å². The maximum absolute atomic E-state index is 11.8. The number of hydrogen-bond donors (Lipinski definition) is 0. The summed E-state index contributed by atoms with van der Waals surface area (Å²) in [4.78, 5) is 20.6. The van der Waals surface area contributed by atoms with Crippen LogP contribution >= 0.6 is 11.6 Å². The van der Waals surface area contributed by atoms with Crippen molar-refractivity contribution in [2.75, 3.05) is 39.3 Å². The van der Waals surface area contributed by atoms with E-state index in [0.717, 1.165) is 44.6 Å². The summed E-state index contributed by atoms with van der Waals surface area (Å²) in [5, 5.41) is 4.72. The fraction of sp³-hybridized carbons (Fsp3) is 0.526. The summed E-state index contributed by atoms with van der Waals surface area (Å²) < 4.78 is 10.6. The molecule has 0 radical (unpaired) electrons. The minimum atomic E-state index is -0.138. The topological polar surface area (TPSA) is 71.7 Å². The molecule has 0 atom stereocenters. The summed E-state index contributed by atoms with van der Waals surface area (Å²) >= 11 is 5.90. The van der Waals surface area contributed by atoms with Crippen LogP contribution in [0.15, 0.2) is 28.8 Å². The molecule has 27 heavy (non-hydrogen) atoms. The Bertz CT molecular complexity index is 727. The summed E-state index contributed by atoms with van der Waals surface area (Å²) in [7, 11) is 0. The molecule has 1 aliphatic heterocycles. The van der Waals surface area contributed by atoms with Gasteiger partial charge in [-0.2, -0.15) is 4.98 Å². The first-order chi connectivity index (χ1) is 13.1. The van der Waals surface area contributed by atoms with Crippen LogP contribution < -0.4 is 0 Å². The van der Waals surface area contributed by atoms with Crippen molar-refractivity contribution >= 4 is 17.6 Å². The molecular formula is C19H25ClN4O3. The molecule has 0 spiro atoms. The van der Waals surface area contributed by atoms with Crippen LogP contribution in [0.25, 0.3) is 11.4 Å². The Kier molecular flexibility index (Phi) is 7.20. The monoisotopic (exact) mass is 392 g/mol. The number of carbonyl (C=O) groups is 1. The molecule has 0 saturated carbocycles. The van der Waals surface area contributed by atoms with Crippen molar-refractivity contribution in [1.82, 2.24) is 19.9 Å². The number of rotatable bonds is 8. The summed E-state index contributed by atoms with van der Waals surface area (Å²) in [6.07, 6.45) is 1.95. The quantitative estimate of drug-likeness (QED) is 0.505. The third kappa shape index (κ3) is 6.02. The largest absolute Gasteiger partial charge is 0.465 e. The zero-order valence-electron chi connectivity index (χ0n) is 15.6. The van der Waals surface area contributed by atoms with Crippen molar-refractivity contribution in [3.8, 4) is 11.4 Å². The van der Waals surface area contributed by atoms with Crippen LogP contribution in [0.5, 0.6) is 0 Å². The van der Waals surface area contributed by atoms with Crippen molar-refractivity contribution in [1.29, 1.82) is 0 Å². The third-order valence-corrected chi connectivity index (χ3v) is 4.76. The number of unbranched alkanes of at least 4 members (excludes halogenated alkanes) is 1. The first-order valence-corrected chi connectivity index (χ1v) is 9.70. The first kappa shape index (κ1) is 19.8. The average Bonchev–Trinajstić information content (AvgIpc) is 3.13. The minimum absolute atomic E-state index is 0.138. The van der Waals surface area contributed by atoms with Gasteiger partial charge in [-0.05, 0) is 30.7 Å². The van der Waals surface area contributed by atoms with E-state index in [0.29, 0.717) is 36.4 Å². The second-order valence-electron chi connectivity index (χ2n) is 6.64. The molecule has 1 aromatic heterocycles. The molecule has 1 saturated heterocycles. The van der Waals surface area contributed by atoms with Crippen LogP contribution in [0, 0.1) is 0 Å². The number of carbonyl (C=O) groups excluding carboxylic acids is 1. The van der Waals surface area contributed by atoms with Crippen LogP contribution in [0.1, 0.15) is 25.7 Å². The van der Waals surface area contributed by atoms with Gasteiger partial charge in [0.2, 0.25) is 11.7 Å². The molecule has 8 heteroatoms. The third-order valence-electron chi connectivity index (χ3n) is 4.51. The first-order valence-electron chi connectivity index (χ1n) is 9.33. The number of piperazine rings is 1. The van der Waals surface area contributed by atoms with Gasteiger partial charge in [-0.15, -0.1) is 0 Å². The molecule has 1 fully saturated rings. The van der Waals surface area contributed by atoms with Gasteiger partial charge in [-0.25, -0.2) is 0 Å². The SMILES string of the molecule is CCCCOC(=O)CN1CCN(Cc2nc(-c3ccc(Cl)cc3)no2)CC1. The molecule has 1 aliphatic rings. The zero-order valence-corrected chi connectivity index (χ0v) is 16.3. The Morgan fingerprint density at radius 1 is 1.19 bits per heavy atom. The van der Waals surface area contributed by atoms with Gasteiger partial charge in [0, 0.05) is 36.8 Å². The van der Waals surface area contributed by atoms with E-state index in [1.807, 2.05) is 12.1 Å². The van der Waals surface area contributed by atoms with Gasteiger partial charge in [0.1, 0.15) is 0 Å². The van der Waals surface area contributed by atoms with E-state index in [1.165, 1.54) is 0 Å². The lowest BCUT2D eigenvalue weighted by molar-refractivity contribution is -0.145. The van der Waals surface area contributed by atoms with Crippen LogP contribution in [0.4, 0.5) is 0 Å². The van der Waals surface area contributed by atoms with E-state index in [4.69, 9.17) is 20.9 Å². The zero-order chi connectivity index (χ0) is 19.1. The number of aromatic nitrogens is 2. The molecule has 2 heterocycles. The lowest BCUT2D eigenvalue weighted by Gasteiger charge is -2.33. The molecule has 2 aromatic rings. The number of esters is 1. The summed E-state index contributed by atoms with van der Waals surface area (Å²) in [6, 6.07) is 7.35. The number of halogens is 1. The van der Waals surface area contributed by atoms with Crippen LogP contribution in [0.2, 0.25) is 5.02 Å². The Hall–Kier alpha value is -1.96. The molecule has 3 rings (SSSR count). The molecular weight excluding hydrogens is 368 g/mol. The standard InChI is InChI=1S/C19H25ClN4O3/c1-2-3-12-26-18(25)14-24-10-8-23(9-11-24)13-17-21-19(22-27-17)15-4-6-16(20)7-5-15/h4-7H,2-3,8-14H2,1H3. The Morgan fingerprint density at radius 2 is 1.89 bits per heavy atom. The molecule has 0 bridgehead atoms. The molecule has 1 aromatic carbocycles. The van der Waals surface area contributed by atoms with Crippen molar-refractivity contribution in [3.05, 3.63) is 35.2 Å². The van der Waals surface area contributed by atoms with Crippen molar-refractivity contribution < 1.29 is 14.1 Å². The Labute approximate surface area is 164 Å². The van der Waals surface area contributed by atoms with Crippen LogP contribution in [-0.4, -0.2) is 65.2 Å². The Balaban J connectivity index is 1.43. The average molecular weight is 393 g/mol. The van der Waals surface area contributed by atoms with Crippen LogP contribution in [0.3, 0.4) is 0 Å². The van der Waals surface area contributed by atoms with E-state index in [1.54, 1.807) is 12.1 Å². The summed E-state index contributed by atoms with van der Waals surface area (Å²) in [5.74, 6) is 1.02.